The first kappa shape index (κ1) is 14.4. The molecule has 0 aliphatic rings. The van der Waals surface area contributed by atoms with Crippen molar-refractivity contribution >= 4 is 47.0 Å². The van der Waals surface area contributed by atoms with E-state index in [9.17, 15) is 13.2 Å². The zero-order chi connectivity index (χ0) is 10.8. The van der Waals surface area contributed by atoms with E-state index in [2.05, 4.69) is 12.2 Å². The summed E-state index contributed by atoms with van der Waals surface area (Å²) in [6.45, 7) is 0. The molecule has 0 aliphatic heterocycles. The minimum absolute atomic E-state index is 0. The summed E-state index contributed by atoms with van der Waals surface area (Å²) >= 11 is 4.33. The van der Waals surface area contributed by atoms with Crippen LogP contribution >= 0.6 is 36.2 Å². The van der Waals surface area contributed by atoms with Crippen LogP contribution in [0.25, 0.3) is 0 Å². The number of halogens is 4. The second-order valence-electron chi connectivity index (χ2n) is 2.48. The molecule has 2 nitrogen and oxygen atoms in total. The molecule has 0 fully saturated rings. The van der Waals surface area contributed by atoms with Gasteiger partial charge in [-0.1, -0.05) is 18.2 Å². The van der Waals surface area contributed by atoms with Crippen LogP contribution in [0.2, 0.25) is 0 Å². The van der Waals surface area contributed by atoms with E-state index in [1.165, 1.54) is 24.3 Å². The number of alkyl halides is 3. The van der Waals surface area contributed by atoms with Gasteiger partial charge in [0, 0.05) is 0 Å². The van der Waals surface area contributed by atoms with Gasteiger partial charge in [0.05, 0.1) is 5.69 Å². The molecule has 2 N–H and O–H groups in total. The van der Waals surface area contributed by atoms with E-state index in [0.29, 0.717) is 0 Å². The number of nitrogens with two attached hydrogens (primary N) is 1. The van der Waals surface area contributed by atoms with Gasteiger partial charge >= 0.3 is 6.30 Å². The van der Waals surface area contributed by atoms with Crippen LogP contribution in [0.5, 0.6) is 0 Å². The number of benzene rings is 1. The Bertz CT molecular complexity index is 328. The van der Waals surface area contributed by atoms with Crippen molar-refractivity contribution in [1.82, 2.24) is 0 Å². The fraction of sp³-hybridized carbons (Fsp3) is 0.125. The largest absolute Gasteiger partial charge is 0.491 e. The lowest BCUT2D eigenvalue weighted by atomic mass is 10.3. The number of hydrogen-bond acceptors (Lipinski definition) is 1. The zero-order valence-corrected chi connectivity index (χ0v) is 10.5. The maximum Gasteiger partial charge on any atom is 0.491 e. The Morgan fingerprint density at radius 2 is 1.67 bits per heavy atom. The molecule has 1 aromatic rings. The second-order valence-corrected chi connectivity index (χ2v) is 2.90. The third kappa shape index (κ3) is 3.82. The molecule has 0 amide bonds. The highest BCUT2D eigenvalue weighted by atomic mass is 127. The number of anilines is 1. The Morgan fingerprint density at radius 3 is 2.00 bits per heavy atom. The van der Waals surface area contributed by atoms with Crippen molar-refractivity contribution in [2.75, 3.05) is 4.90 Å². The summed E-state index contributed by atoms with van der Waals surface area (Å²) in [5.74, 6) is 0. The Balaban J connectivity index is 0.00000196. The van der Waals surface area contributed by atoms with Gasteiger partial charge in [-0.15, -0.1) is 37.1 Å². The first-order valence-electron chi connectivity index (χ1n) is 3.64. The molecule has 0 saturated heterocycles. The predicted octanol–water partition coefficient (Wildman–Crippen LogP) is 2.87. The molecule has 1 rings (SSSR count). The first-order chi connectivity index (χ1) is 6.43. The van der Waals surface area contributed by atoms with Crippen LogP contribution in [0.1, 0.15) is 0 Å². The summed E-state index contributed by atoms with van der Waals surface area (Å²) in [6.07, 6.45) is -4.59. The Kier molecular flexibility index (Phi) is 5.29. The van der Waals surface area contributed by atoms with Crippen molar-refractivity contribution in [3.63, 3.8) is 0 Å². The Morgan fingerprint density at radius 1 is 1.20 bits per heavy atom. The molecule has 0 aliphatic carbocycles. The number of hydrogen-bond donors (Lipinski definition) is 1. The van der Waals surface area contributed by atoms with Crippen LogP contribution in [0.3, 0.4) is 0 Å². The van der Waals surface area contributed by atoms with E-state index < -0.39 is 11.4 Å². The van der Waals surface area contributed by atoms with Gasteiger partial charge in [0.25, 0.3) is 0 Å². The standard InChI is InChI=1S/C8H7F3N2S.HI/c9-8(10,11)13(7(12)14)6-4-2-1-3-5-6;/h1-5H,(H2,12,14);1H. The van der Waals surface area contributed by atoms with Crippen LogP contribution in [0.15, 0.2) is 30.3 Å². The van der Waals surface area contributed by atoms with Gasteiger partial charge in [0.1, 0.15) is 0 Å². The molecule has 0 radical (unpaired) electrons. The quantitative estimate of drug-likeness (QED) is 0.481. The normalized spacial score (nSPS) is 10.3. The molecule has 0 heterocycles. The fourth-order valence-corrected chi connectivity index (χ4v) is 1.18. The molecule has 0 spiro atoms. The van der Waals surface area contributed by atoms with Crippen molar-refractivity contribution in [3.05, 3.63) is 30.3 Å². The third-order valence-corrected chi connectivity index (χ3v) is 1.67. The van der Waals surface area contributed by atoms with E-state index in [1.54, 1.807) is 6.07 Å². The van der Waals surface area contributed by atoms with E-state index in [0.717, 1.165) is 0 Å². The number of rotatable bonds is 1. The molecule has 7 heteroatoms. The highest BCUT2D eigenvalue weighted by Crippen LogP contribution is 2.27. The van der Waals surface area contributed by atoms with Crippen molar-refractivity contribution in [2.24, 2.45) is 5.73 Å². The molecule has 0 saturated carbocycles. The fourth-order valence-electron chi connectivity index (χ4n) is 0.976. The molecule has 15 heavy (non-hydrogen) atoms. The van der Waals surface area contributed by atoms with Gasteiger partial charge < -0.3 is 5.73 Å². The lowest BCUT2D eigenvalue weighted by Crippen LogP contribution is -2.46. The van der Waals surface area contributed by atoms with Gasteiger partial charge in [0.2, 0.25) is 0 Å². The summed E-state index contributed by atoms with van der Waals surface area (Å²) in [4.78, 5) is -0.0532. The second kappa shape index (κ2) is 5.50. The molecule has 0 atom stereocenters. The number of nitrogens with zero attached hydrogens (tertiary/aromatic N) is 1. The summed E-state index contributed by atoms with van der Waals surface area (Å²) < 4.78 is 37.2. The minimum Gasteiger partial charge on any atom is -0.376 e. The number of thiocarbonyl (C=S) groups is 1. The van der Waals surface area contributed by atoms with Crippen molar-refractivity contribution < 1.29 is 13.2 Å². The van der Waals surface area contributed by atoms with Crippen LogP contribution in [-0.2, 0) is 0 Å². The van der Waals surface area contributed by atoms with Crippen molar-refractivity contribution in [1.29, 1.82) is 0 Å². The zero-order valence-electron chi connectivity index (χ0n) is 7.36. The van der Waals surface area contributed by atoms with Crippen molar-refractivity contribution in [2.45, 2.75) is 6.30 Å². The van der Waals surface area contributed by atoms with Crippen LogP contribution in [0, 0.1) is 0 Å². The summed E-state index contributed by atoms with van der Waals surface area (Å²) in [7, 11) is 0. The smallest absolute Gasteiger partial charge is 0.376 e. The molecular weight excluding hydrogens is 340 g/mol. The topological polar surface area (TPSA) is 29.3 Å². The van der Waals surface area contributed by atoms with E-state index in [4.69, 9.17) is 5.73 Å². The molecule has 0 unspecified atom stereocenters. The number of para-hydroxylation sites is 1. The van der Waals surface area contributed by atoms with E-state index >= 15 is 0 Å². The lowest BCUT2D eigenvalue weighted by Gasteiger charge is -2.24. The van der Waals surface area contributed by atoms with Gasteiger partial charge in [0.15, 0.2) is 5.11 Å². The van der Waals surface area contributed by atoms with Crippen LogP contribution in [-0.4, -0.2) is 11.4 Å². The maximum atomic E-state index is 12.4. The summed E-state index contributed by atoms with van der Waals surface area (Å²) in [5, 5.41) is -0.719. The monoisotopic (exact) mass is 348 g/mol. The summed E-state index contributed by atoms with van der Waals surface area (Å²) in [5.41, 5.74) is 4.90. The minimum atomic E-state index is -4.59. The molecule has 0 aromatic heterocycles. The molecular formula is C8H8F3IN2S. The van der Waals surface area contributed by atoms with E-state index in [1.807, 2.05) is 0 Å². The lowest BCUT2D eigenvalue weighted by molar-refractivity contribution is -0.118. The average Bonchev–Trinajstić information content (AvgIpc) is 2.02. The van der Waals surface area contributed by atoms with Crippen molar-refractivity contribution in [3.8, 4) is 0 Å². The van der Waals surface area contributed by atoms with E-state index in [-0.39, 0.29) is 34.6 Å². The summed E-state index contributed by atoms with van der Waals surface area (Å²) in [6, 6.07) is 7.13. The average molecular weight is 348 g/mol. The first-order valence-corrected chi connectivity index (χ1v) is 4.05. The van der Waals surface area contributed by atoms with Gasteiger partial charge in [-0.2, -0.15) is 0 Å². The highest BCUT2D eigenvalue weighted by molar-refractivity contribution is 14.0. The van der Waals surface area contributed by atoms with Crippen LogP contribution < -0.4 is 10.6 Å². The van der Waals surface area contributed by atoms with Crippen LogP contribution in [0.4, 0.5) is 18.9 Å². The molecule has 84 valence electrons. The molecule has 0 bridgehead atoms. The third-order valence-electron chi connectivity index (χ3n) is 1.49. The van der Waals surface area contributed by atoms with Gasteiger partial charge in [-0.3, -0.25) is 0 Å². The van der Waals surface area contributed by atoms with Gasteiger partial charge in [-0.25, -0.2) is 4.90 Å². The maximum absolute atomic E-state index is 12.4. The molecule has 1 aromatic carbocycles. The highest BCUT2D eigenvalue weighted by Gasteiger charge is 2.39. The predicted molar refractivity (Wildman–Crippen MR) is 67.2 cm³/mol. The van der Waals surface area contributed by atoms with Gasteiger partial charge in [-0.05, 0) is 24.4 Å². The Hall–Kier alpha value is -0.570. The SMILES string of the molecule is I.NC(=S)N(c1ccccc1)C(F)(F)F. The Labute approximate surface area is 107 Å².